The number of aromatic nitrogens is 2. The van der Waals surface area contributed by atoms with Crippen molar-refractivity contribution in [2.75, 3.05) is 5.73 Å². The van der Waals surface area contributed by atoms with Crippen LogP contribution in [0, 0.1) is 11.8 Å². The minimum absolute atomic E-state index is 0.433. The molecule has 1 aromatic carbocycles. The second kappa shape index (κ2) is 5.36. The van der Waals surface area contributed by atoms with E-state index in [0.717, 1.165) is 17.1 Å². The summed E-state index contributed by atoms with van der Waals surface area (Å²) in [4.78, 5) is 4.89. The molecule has 0 aliphatic heterocycles. The van der Waals surface area contributed by atoms with E-state index >= 15 is 0 Å². The summed E-state index contributed by atoms with van der Waals surface area (Å²) >= 11 is 0. The fourth-order valence-corrected chi connectivity index (χ4v) is 3.81. The molecule has 21 heavy (non-hydrogen) atoms. The van der Waals surface area contributed by atoms with Gasteiger partial charge in [-0.15, -0.1) is 0 Å². The number of rotatable bonds is 2. The van der Waals surface area contributed by atoms with Gasteiger partial charge in [-0.05, 0) is 36.5 Å². The van der Waals surface area contributed by atoms with E-state index in [1.54, 1.807) is 0 Å². The van der Waals surface area contributed by atoms with Crippen LogP contribution in [-0.4, -0.2) is 9.55 Å². The van der Waals surface area contributed by atoms with Gasteiger partial charge in [0.05, 0.1) is 11.0 Å². The largest absolute Gasteiger partial charge is 0.399 e. The van der Waals surface area contributed by atoms with Crippen molar-refractivity contribution < 1.29 is 0 Å². The van der Waals surface area contributed by atoms with Gasteiger partial charge in [0, 0.05) is 17.6 Å². The van der Waals surface area contributed by atoms with E-state index in [4.69, 9.17) is 10.7 Å². The molecule has 114 valence electrons. The van der Waals surface area contributed by atoms with E-state index in [1.165, 1.54) is 30.6 Å². The van der Waals surface area contributed by atoms with Crippen LogP contribution in [0.1, 0.15) is 64.7 Å². The molecule has 0 radical (unpaired) electrons. The summed E-state index contributed by atoms with van der Waals surface area (Å²) in [7, 11) is 0. The van der Waals surface area contributed by atoms with Gasteiger partial charge in [0.2, 0.25) is 0 Å². The van der Waals surface area contributed by atoms with E-state index in [9.17, 15) is 0 Å². The van der Waals surface area contributed by atoms with Crippen molar-refractivity contribution in [2.24, 2.45) is 11.8 Å². The highest BCUT2D eigenvalue weighted by atomic mass is 15.1. The first kappa shape index (κ1) is 14.4. The molecule has 3 rings (SSSR count). The van der Waals surface area contributed by atoms with Crippen LogP contribution >= 0.6 is 0 Å². The lowest BCUT2D eigenvalue weighted by atomic mass is 9.77. The lowest BCUT2D eigenvalue weighted by molar-refractivity contribution is 0.186. The number of imidazole rings is 1. The van der Waals surface area contributed by atoms with Crippen LogP contribution in [0.25, 0.3) is 11.0 Å². The molecule has 0 saturated heterocycles. The highest BCUT2D eigenvalue weighted by molar-refractivity contribution is 5.80. The summed E-state index contributed by atoms with van der Waals surface area (Å²) in [6.07, 6.45) is 3.94. The average molecular weight is 285 g/mol. The van der Waals surface area contributed by atoms with Gasteiger partial charge >= 0.3 is 0 Å². The maximum absolute atomic E-state index is 5.94. The molecular formula is C18H27N3. The third kappa shape index (κ3) is 2.43. The molecule has 2 N–H and O–H groups in total. The Bertz CT molecular complexity index is 641. The summed E-state index contributed by atoms with van der Waals surface area (Å²) in [5.41, 5.74) is 9.03. The average Bonchev–Trinajstić information content (AvgIpc) is 2.80. The van der Waals surface area contributed by atoms with Crippen molar-refractivity contribution in [3.05, 3.63) is 24.0 Å². The topological polar surface area (TPSA) is 43.8 Å². The van der Waals surface area contributed by atoms with Gasteiger partial charge in [-0.1, -0.05) is 40.5 Å². The molecule has 0 amide bonds. The number of fused-ring (bicyclic) bond motifs is 1. The predicted molar refractivity (Wildman–Crippen MR) is 89.5 cm³/mol. The zero-order valence-corrected chi connectivity index (χ0v) is 13.6. The Morgan fingerprint density at radius 1 is 1.24 bits per heavy atom. The zero-order chi connectivity index (χ0) is 15.1. The highest BCUT2D eigenvalue weighted by Gasteiger charge is 2.31. The first-order chi connectivity index (χ1) is 9.99. The second-order valence-corrected chi connectivity index (χ2v) is 7.08. The van der Waals surface area contributed by atoms with Crippen LogP contribution in [0.2, 0.25) is 0 Å². The lowest BCUT2D eigenvalue weighted by Crippen LogP contribution is -2.28. The van der Waals surface area contributed by atoms with Crippen LogP contribution in [0.5, 0.6) is 0 Å². The molecule has 1 heterocycles. The van der Waals surface area contributed by atoms with Gasteiger partial charge in [0.1, 0.15) is 5.82 Å². The highest BCUT2D eigenvalue weighted by Crippen LogP contribution is 2.41. The maximum Gasteiger partial charge on any atom is 0.112 e. The number of hydrogen-bond donors (Lipinski definition) is 1. The fourth-order valence-electron chi connectivity index (χ4n) is 3.81. The number of benzene rings is 1. The summed E-state index contributed by atoms with van der Waals surface area (Å²) in [5.74, 6) is 3.13. The van der Waals surface area contributed by atoms with E-state index in [-0.39, 0.29) is 0 Å². The van der Waals surface area contributed by atoms with Gasteiger partial charge in [-0.25, -0.2) is 4.98 Å². The molecule has 3 nitrogen and oxygen atoms in total. The van der Waals surface area contributed by atoms with Crippen molar-refractivity contribution in [1.29, 1.82) is 0 Å². The molecule has 1 fully saturated rings. The molecule has 0 spiro atoms. The Morgan fingerprint density at radius 3 is 2.71 bits per heavy atom. The maximum atomic E-state index is 5.94. The predicted octanol–water partition coefficient (Wildman–Crippen LogP) is 4.74. The van der Waals surface area contributed by atoms with E-state index in [1.807, 2.05) is 12.1 Å². The van der Waals surface area contributed by atoms with Crippen molar-refractivity contribution in [2.45, 2.75) is 58.9 Å². The van der Waals surface area contributed by atoms with Gasteiger partial charge in [0.15, 0.2) is 0 Å². The van der Waals surface area contributed by atoms with E-state index in [2.05, 4.69) is 38.3 Å². The Labute approximate surface area is 127 Å². The normalized spacial score (nSPS) is 26.6. The summed E-state index contributed by atoms with van der Waals surface area (Å²) < 4.78 is 2.51. The Morgan fingerprint density at radius 2 is 2.00 bits per heavy atom. The quantitative estimate of drug-likeness (QED) is 0.810. The number of nitrogens with two attached hydrogens (primary N) is 1. The Kier molecular flexibility index (Phi) is 3.68. The smallest absolute Gasteiger partial charge is 0.112 e. The number of nitrogen functional groups attached to an aromatic ring is 1. The first-order valence-corrected chi connectivity index (χ1v) is 8.26. The van der Waals surface area contributed by atoms with Crippen molar-refractivity contribution >= 4 is 16.7 Å². The third-order valence-corrected chi connectivity index (χ3v) is 5.25. The van der Waals surface area contributed by atoms with Crippen LogP contribution in [0.4, 0.5) is 5.69 Å². The number of nitrogens with zero attached hydrogens (tertiary/aromatic N) is 2. The van der Waals surface area contributed by atoms with E-state index in [0.29, 0.717) is 17.9 Å². The minimum atomic E-state index is 0.433. The fraction of sp³-hybridized carbons (Fsp3) is 0.611. The Balaban J connectivity index is 2.17. The van der Waals surface area contributed by atoms with Gasteiger partial charge in [-0.3, -0.25) is 0 Å². The summed E-state index contributed by atoms with van der Waals surface area (Å²) in [5, 5.41) is 0. The first-order valence-electron chi connectivity index (χ1n) is 8.26. The molecular weight excluding hydrogens is 258 g/mol. The second-order valence-electron chi connectivity index (χ2n) is 7.08. The molecule has 3 atom stereocenters. The number of hydrogen-bond acceptors (Lipinski definition) is 2. The van der Waals surface area contributed by atoms with Gasteiger partial charge in [0.25, 0.3) is 0 Å². The minimum Gasteiger partial charge on any atom is -0.399 e. The van der Waals surface area contributed by atoms with E-state index < -0.39 is 0 Å². The van der Waals surface area contributed by atoms with Crippen molar-refractivity contribution in [1.82, 2.24) is 9.55 Å². The molecule has 1 aromatic heterocycles. The van der Waals surface area contributed by atoms with Crippen LogP contribution in [0.3, 0.4) is 0 Å². The molecule has 3 heteroatoms. The third-order valence-electron chi connectivity index (χ3n) is 5.25. The number of anilines is 1. The van der Waals surface area contributed by atoms with Crippen LogP contribution < -0.4 is 5.73 Å². The lowest BCUT2D eigenvalue weighted by Gasteiger charge is -2.36. The van der Waals surface area contributed by atoms with Crippen LogP contribution in [-0.2, 0) is 0 Å². The molecule has 1 aliphatic carbocycles. The van der Waals surface area contributed by atoms with Crippen LogP contribution in [0.15, 0.2) is 18.2 Å². The Hall–Kier alpha value is -1.51. The molecule has 1 saturated carbocycles. The molecule has 0 bridgehead atoms. The molecule has 3 unspecified atom stereocenters. The molecule has 2 aromatic rings. The van der Waals surface area contributed by atoms with Gasteiger partial charge in [-0.2, -0.15) is 0 Å². The standard InChI is InChI=1S/C18H27N3/c1-11(2)18-20-15-10-14(19)8-9-17(15)21(18)16-7-5-6-12(3)13(16)4/h8-13,16H,5-7,19H2,1-4H3. The van der Waals surface area contributed by atoms with Crippen molar-refractivity contribution in [3.8, 4) is 0 Å². The zero-order valence-electron chi connectivity index (χ0n) is 13.6. The SMILES string of the molecule is CC(C)c1nc2cc(N)ccc2n1C1CCCC(C)C1C. The summed E-state index contributed by atoms with van der Waals surface area (Å²) in [6.45, 7) is 9.26. The monoisotopic (exact) mass is 285 g/mol. The van der Waals surface area contributed by atoms with Crippen molar-refractivity contribution in [3.63, 3.8) is 0 Å². The summed E-state index contributed by atoms with van der Waals surface area (Å²) in [6, 6.07) is 6.73. The molecule has 1 aliphatic rings. The van der Waals surface area contributed by atoms with Gasteiger partial charge < -0.3 is 10.3 Å².